The fourth-order valence-corrected chi connectivity index (χ4v) is 2.36. The Kier molecular flexibility index (Phi) is 6.66. The summed E-state index contributed by atoms with van der Waals surface area (Å²) in [7, 11) is 0. The van der Waals surface area contributed by atoms with Gasteiger partial charge in [-0.3, -0.25) is 9.59 Å². The van der Waals surface area contributed by atoms with Gasteiger partial charge in [-0.25, -0.2) is 0 Å². The minimum Gasteiger partial charge on any atom is -0.344 e. The topological polar surface area (TPSA) is 75.4 Å². The number of carbonyl (C=O) groups excluding carboxylic acids is 2. The molecule has 1 aromatic carbocycles. The van der Waals surface area contributed by atoms with E-state index in [1.54, 1.807) is 43.0 Å². The van der Waals surface area contributed by atoms with Crippen LogP contribution < -0.4 is 16.0 Å². The first kappa shape index (κ1) is 18.7. The van der Waals surface area contributed by atoms with E-state index in [4.69, 9.17) is 17.3 Å². The van der Waals surface area contributed by atoms with Crippen molar-refractivity contribution in [3.63, 3.8) is 0 Å². The summed E-state index contributed by atoms with van der Waals surface area (Å²) in [6.45, 7) is 4.12. The lowest BCUT2D eigenvalue weighted by Gasteiger charge is -2.20. The maximum Gasteiger partial charge on any atom is 0.249 e. The van der Waals surface area contributed by atoms with Gasteiger partial charge in [0.1, 0.15) is 6.04 Å². The molecular weight excluding hydrogens is 325 g/mol. The molecule has 122 valence electrons. The Morgan fingerprint density at radius 2 is 1.95 bits per heavy atom. The van der Waals surface area contributed by atoms with E-state index in [-0.39, 0.29) is 36.2 Å². The average Bonchev–Trinajstić information content (AvgIpc) is 2.80. The lowest BCUT2D eigenvalue weighted by atomic mass is 10.0. The van der Waals surface area contributed by atoms with Crippen LogP contribution in [-0.2, 0) is 9.59 Å². The summed E-state index contributed by atoms with van der Waals surface area (Å²) in [5.74, 6) is -0.591. The first-order valence-electron chi connectivity index (χ1n) is 7.03. The molecule has 0 aliphatic carbocycles. The number of nitrogens with zero attached hydrogens (tertiary/aromatic N) is 1. The van der Waals surface area contributed by atoms with E-state index in [9.17, 15) is 9.59 Å². The Morgan fingerprint density at radius 1 is 1.36 bits per heavy atom. The van der Waals surface area contributed by atoms with Gasteiger partial charge in [0.05, 0.1) is 0 Å². The molecule has 1 fully saturated rings. The number of hydrogen-bond acceptors (Lipinski definition) is 3. The van der Waals surface area contributed by atoms with Crippen LogP contribution >= 0.6 is 24.0 Å². The molecule has 1 aliphatic rings. The van der Waals surface area contributed by atoms with E-state index >= 15 is 0 Å². The highest BCUT2D eigenvalue weighted by Gasteiger charge is 2.34. The molecule has 0 radical (unpaired) electrons. The molecule has 3 atom stereocenters. The Bertz CT molecular complexity index is 534. The summed E-state index contributed by atoms with van der Waals surface area (Å²) < 4.78 is 0. The van der Waals surface area contributed by atoms with Crippen LogP contribution in [0.4, 0.5) is 5.69 Å². The molecule has 0 aromatic heterocycles. The summed E-state index contributed by atoms with van der Waals surface area (Å²) in [4.78, 5) is 26.0. The van der Waals surface area contributed by atoms with E-state index in [1.807, 2.05) is 0 Å². The van der Waals surface area contributed by atoms with Gasteiger partial charge in [-0.15, -0.1) is 12.4 Å². The van der Waals surface area contributed by atoms with Crippen molar-refractivity contribution in [1.29, 1.82) is 0 Å². The van der Waals surface area contributed by atoms with E-state index in [0.717, 1.165) is 5.69 Å². The zero-order valence-corrected chi connectivity index (χ0v) is 14.2. The number of amides is 2. The SMILES string of the molecule is CC(N)C(C)C(=O)NC1CCN(c2ccc(Cl)cc2)C1=O.Cl. The highest BCUT2D eigenvalue weighted by atomic mass is 35.5. The molecule has 1 aromatic rings. The van der Waals surface area contributed by atoms with Gasteiger partial charge in [0.15, 0.2) is 0 Å². The average molecular weight is 346 g/mol. The van der Waals surface area contributed by atoms with Crippen LogP contribution in [-0.4, -0.2) is 30.4 Å². The standard InChI is InChI=1S/C15H20ClN3O2.ClH/c1-9(10(2)17)14(20)18-13-7-8-19(15(13)21)12-5-3-11(16)4-6-12;/h3-6,9-10,13H,7-8,17H2,1-2H3,(H,18,20);1H. The number of rotatable bonds is 4. The summed E-state index contributed by atoms with van der Waals surface area (Å²) in [5, 5.41) is 3.41. The predicted octanol–water partition coefficient (Wildman–Crippen LogP) is 1.97. The smallest absolute Gasteiger partial charge is 0.249 e. The Morgan fingerprint density at radius 3 is 2.50 bits per heavy atom. The van der Waals surface area contributed by atoms with Crippen LogP contribution in [0.25, 0.3) is 0 Å². The molecule has 0 spiro atoms. The second-order valence-corrected chi connectivity index (χ2v) is 5.90. The molecule has 5 nitrogen and oxygen atoms in total. The van der Waals surface area contributed by atoms with E-state index in [1.165, 1.54) is 0 Å². The predicted molar refractivity (Wildman–Crippen MR) is 90.4 cm³/mol. The van der Waals surface area contributed by atoms with E-state index < -0.39 is 6.04 Å². The zero-order chi connectivity index (χ0) is 15.6. The summed E-state index contributed by atoms with van der Waals surface area (Å²) in [5.41, 5.74) is 6.50. The molecule has 0 saturated carbocycles. The van der Waals surface area contributed by atoms with Crippen molar-refractivity contribution in [3.05, 3.63) is 29.3 Å². The molecule has 2 amide bonds. The first-order valence-corrected chi connectivity index (χ1v) is 7.41. The second-order valence-electron chi connectivity index (χ2n) is 5.46. The number of carbonyl (C=O) groups is 2. The Balaban J connectivity index is 0.00000242. The van der Waals surface area contributed by atoms with Crippen LogP contribution in [0.1, 0.15) is 20.3 Å². The number of benzene rings is 1. The normalized spacial score (nSPS) is 20.3. The maximum absolute atomic E-state index is 12.4. The van der Waals surface area contributed by atoms with Gasteiger partial charge in [0, 0.05) is 29.2 Å². The van der Waals surface area contributed by atoms with Crippen molar-refractivity contribution in [2.75, 3.05) is 11.4 Å². The van der Waals surface area contributed by atoms with Gasteiger partial charge in [-0.1, -0.05) is 18.5 Å². The number of anilines is 1. The third-order valence-corrected chi connectivity index (χ3v) is 4.11. The number of halogens is 2. The third kappa shape index (κ3) is 4.12. The highest BCUT2D eigenvalue weighted by Crippen LogP contribution is 2.23. The maximum atomic E-state index is 12.4. The first-order chi connectivity index (χ1) is 9.90. The zero-order valence-electron chi connectivity index (χ0n) is 12.6. The summed E-state index contributed by atoms with van der Waals surface area (Å²) in [6.07, 6.45) is 0.596. The number of hydrogen-bond donors (Lipinski definition) is 2. The minimum absolute atomic E-state index is 0. The molecular formula is C15H21Cl2N3O2. The van der Waals surface area contributed by atoms with Crippen LogP contribution in [0.5, 0.6) is 0 Å². The van der Waals surface area contributed by atoms with E-state index in [0.29, 0.717) is 18.0 Å². The fraction of sp³-hybridized carbons (Fsp3) is 0.467. The van der Waals surface area contributed by atoms with Crippen molar-refractivity contribution >= 4 is 41.5 Å². The molecule has 3 unspecified atom stereocenters. The lowest BCUT2D eigenvalue weighted by Crippen LogP contribution is -2.46. The molecule has 2 rings (SSSR count). The van der Waals surface area contributed by atoms with Gasteiger partial charge in [0.2, 0.25) is 11.8 Å². The monoisotopic (exact) mass is 345 g/mol. The van der Waals surface area contributed by atoms with Crippen molar-refractivity contribution in [1.82, 2.24) is 5.32 Å². The van der Waals surface area contributed by atoms with Crippen molar-refractivity contribution in [3.8, 4) is 0 Å². The van der Waals surface area contributed by atoms with Crippen molar-refractivity contribution in [2.24, 2.45) is 11.7 Å². The summed E-state index contributed by atoms with van der Waals surface area (Å²) >= 11 is 5.84. The third-order valence-electron chi connectivity index (χ3n) is 3.86. The van der Waals surface area contributed by atoms with Gasteiger partial charge >= 0.3 is 0 Å². The van der Waals surface area contributed by atoms with Crippen LogP contribution in [0.15, 0.2) is 24.3 Å². The molecule has 0 bridgehead atoms. The van der Waals surface area contributed by atoms with Gasteiger partial charge in [-0.2, -0.15) is 0 Å². The molecule has 3 N–H and O–H groups in total. The summed E-state index contributed by atoms with van der Waals surface area (Å²) in [6, 6.07) is 6.37. The lowest BCUT2D eigenvalue weighted by molar-refractivity contribution is -0.129. The molecule has 1 saturated heterocycles. The van der Waals surface area contributed by atoms with Crippen molar-refractivity contribution in [2.45, 2.75) is 32.4 Å². The van der Waals surface area contributed by atoms with Gasteiger partial charge < -0.3 is 16.0 Å². The molecule has 1 heterocycles. The number of nitrogens with one attached hydrogen (secondary N) is 1. The fourth-order valence-electron chi connectivity index (χ4n) is 2.23. The largest absolute Gasteiger partial charge is 0.344 e. The van der Waals surface area contributed by atoms with Crippen molar-refractivity contribution < 1.29 is 9.59 Å². The van der Waals surface area contributed by atoms with Crippen LogP contribution in [0, 0.1) is 5.92 Å². The Hall–Kier alpha value is -1.30. The van der Waals surface area contributed by atoms with Gasteiger partial charge in [0.25, 0.3) is 0 Å². The Labute approximate surface area is 141 Å². The quantitative estimate of drug-likeness (QED) is 0.875. The van der Waals surface area contributed by atoms with Gasteiger partial charge in [-0.05, 0) is 37.6 Å². The molecule has 7 heteroatoms. The second kappa shape index (κ2) is 7.81. The minimum atomic E-state index is -0.477. The molecule has 22 heavy (non-hydrogen) atoms. The number of nitrogens with two attached hydrogens (primary N) is 1. The van der Waals surface area contributed by atoms with E-state index in [2.05, 4.69) is 5.32 Å². The van der Waals surface area contributed by atoms with Crippen LogP contribution in [0.3, 0.4) is 0 Å². The highest BCUT2D eigenvalue weighted by molar-refractivity contribution is 6.30. The van der Waals surface area contributed by atoms with Crippen LogP contribution in [0.2, 0.25) is 5.02 Å². The molecule has 1 aliphatic heterocycles.